The van der Waals surface area contributed by atoms with Gasteiger partial charge in [-0.05, 0) is 25.0 Å². The van der Waals surface area contributed by atoms with Crippen LogP contribution in [0, 0.1) is 5.41 Å². The van der Waals surface area contributed by atoms with Crippen LogP contribution >= 0.6 is 0 Å². The number of para-hydroxylation sites is 1. The summed E-state index contributed by atoms with van der Waals surface area (Å²) in [5.41, 5.74) is 2.90. The number of methoxy groups -OCH3 is 1. The van der Waals surface area contributed by atoms with Gasteiger partial charge in [0.15, 0.2) is 0 Å². The first-order chi connectivity index (χ1) is 8.24. The van der Waals surface area contributed by atoms with E-state index in [1.807, 2.05) is 6.07 Å². The Morgan fingerprint density at radius 3 is 2.82 bits per heavy atom. The molecular formula is C14H20N2O. The van der Waals surface area contributed by atoms with Crippen LogP contribution in [-0.2, 0) is 0 Å². The number of hydrogen-bond donors (Lipinski definition) is 1. The third kappa shape index (κ3) is 1.65. The molecule has 0 amide bonds. The number of ether oxygens (including phenoxy) is 1. The molecule has 1 heterocycles. The maximum atomic E-state index is 5.48. The molecule has 1 aromatic carbocycles. The summed E-state index contributed by atoms with van der Waals surface area (Å²) in [6.45, 7) is 2.23. The molecule has 2 aliphatic rings. The van der Waals surface area contributed by atoms with E-state index < -0.39 is 0 Å². The molecule has 1 aromatic rings. The van der Waals surface area contributed by atoms with Crippen molar-refractivity contribution >= 4 is 11.4 Å². The first-order valence-corrected chi connectivity index (χ1v) is 6.36. The number of hydrogen-bond acceptors (Lipinski definition) is 3. The summed E-state index contributed by atoms with van der Waals surface area (Å²) in [7, 11) is 3.92. The normalized spacial score (nSPS) is 21.2. The minimum absolute atomic E-state index is 0.485. The molecule has 1 saturated carbocycles. The van der Waals surface area contributed by atoms with Crippen molar-refractivity contribution in [1.29, 1.82) is 0 Å². The molecule has 17 heavy (non-hydrogen) atoms. The van der Waals surface area contributed by atoms with Crippen molar-refractivity contribution in [3.8, 4) is 5.75 Å². The van der Waals surface area contributed by atoms with Gasteiger partial charge in [0.1, 0.15) is 11.4 Å². The fourth-order valence-corrected chi connectivity index (χ4v) is 3.16. The Labute approximate surface area is 103 Å². The second-order valence-electron chi connectivity index (χ2n) is 5.42. The van der Waals surface area contributed by atoms with Crippen molar-refractivity contribution in [2.75, 3.05) is 37.5 Å². The Morgan fingerprint density at radius 2 is 2.18 bits per heavy atom. The zero-order chi connectivity index (χ0) is 11.9. The molecule has 3 heteroatoms. The van der Waals surface area contributed by atoms with Crippen LogP contribution in [0.1, 0.15) is 19.3 Å². The Kier molecular flexibility index (Phi) is 2.42. The molecule has 0 radical (unpaired) electrons. The van der Waals surface area contributed by atoms with Gasteiger partial charge in [-0.15, -0.1) is 0 Å². The van der Waals surface area contributed by atoms with Gasteiger partial charge in [-0.3, -0.25) is 0 Å². The van der Waals surface area contributed by atoms with Crippen LogP contribution in [0.5, 0.6) is 5.75 Å². The summed E-state index contributed by atoms with van der Waals surface area (Å²) >= 11 is 0. The zero-order valence-electron chi connectivity index (χ0n) is 10.6. The predicted molar refractivity (Wildman–Crippen MR) is 71.0 cm³/mol. The average Bonchev–Trinajstić information content (AvgIpc) is 2.46. The molecular weight excluding hydrogens is 212 g/mol. The molecule has 1 N–H and O–H groups in total. The van der Waals surface area contributed by atoms with Crippen molar-refractivity contribution in [3.63, 3.8) is 0 Å². The van der Waals surface area contributed by atoms with E-state index >= 15 is 0 Å². The van der Waals surface area contributed by atoms with Crippen LogP contribution < -0.4 is 15.0 Å². The molecule has 3 rings (SSSR count). The van der Waals surface area contributed by atoms with Crippen molar-refractivity contribution in [2.24, 2.45) is 5.41 Å². The highest BCUT2D eigenvalue weighted by Gasteiger charge is 2.40. The van der Waals surface area contributed by atoms with Gasteiger partial charge in [0.25, 0.3) is 0 Å². The fourth-order valence-electron chi connectivity index (χ4n) is 3.16. The van der Waals surface area contributed by atoms with Crippen LogP contribution in [0.15, 0.2) is 18.2 Å². The van der Waals surface area contributed by atoms with Crippen molar-refractivity contribution in [1.82, 2.24) is 0 Å². The van der Waals surface area contributed by atoms with E-state index in [1.165, 1.54) is 30.6 Å². The second-order valence-corrected chi connectivity index (χ2v) is 5.42. The maximum Gasteiger partial charge on any atom is 0.144 e. The molecule has 92 valence electrons. The Balaban J connectivity index is 1.98. The number of fused-ring (bicyclic) bond motifs is 1. The van der Waals surface area contributed by atoms with Crippen molar-refractivity contribution < 1.29 is 4.74 Å². The molecule has 0 atom stereocenters. The predicted octanol–water partition coefficient (Wildman–Crippen LogP) is 2.73. The third-order valence-corrected chi connectivity index (χ3v) is 4.24. The fraction of sp³-hybridized carbons (Fsp3) is 0.571. The molecule has 0 bridgehead atoms. The number of benzene rings is 1. The van der Waals surface area contributed by atoms with E-state index in [0.717, 1.165) is 18.8 Å². The van der Waals surface area contributed by atoms with Gasteiger partial charge in [-0.25, -0.2) is 0 Å². The van der Waals surface area contributed by atoms with Crippen LogP contribution in [0.3, 0.4) is 0 Å². The molecule has 0 saturated heterocycles. The first kappa shape index (κ1) is 10.8. The minimum Gasteiger partial charge on any atom is -0.495 e. The van der Waals surface area contributed by atoms with E-state index in [9.17, 15) is 0 Å². The lowest BCUT2D eigenvalue weighted by molar-refractivity contribution is 0.162. The summed E-state index contributed by atoms with van der Waals surface area (Å²) in [6.07, 6.45) is 4.07. The summed E-state index contributed by atoms with van der Waals surface area (Å²) in [4.78, 5) is 2.35. The summed E-state index contributed by atoms with van der Waals surface area (Å²) in [5.74, 6) is 0.967. The molecule has 0 unspecified atom stereocenters. The summed E-state index contributed by atoms with van der Waals surface area (Å²) in [5, 5.41) is 3.60. The molecule has 1 fully saturated rings. The van der Waals surface area contributed by atoms with Crippen LogP contribution in [-0.4, -0.2) is 27.2 Å². The molecule has 1 spiro atoms. The van der Waals surface area contributed by atoms with E-state index in [2.05, 4.69) is 29.4 Å². The number of anilines is 2. The topological polar surface area (TPSA) is 24.5 Å². The van der Waals surface area contributed by atoms with E-state index in [4.69, 9.17) is 4.74 Å². The first-order valence-electron chi connectivity index (χ1n) is 6.36. The quantitative estimate of drug-likeness (QED) is 0.805. The zero-order valence-corrected chi connectivity index (χ0v) is 10.6. The highest BCUT2D eigenvalue weighted by Crippen LogP contribution is 2.47. The van der Waals surface area contributed by atoms with Crippen LogP contribution in [0.4, 0.5) is 11.4 Å². The summed E-state index contributed by atoms with van der Waals surface area (Å²) in [6, 6.07) is 6.24. The lowest BCUT2D eigenvalue weighted by Gasteiger charge is -2.43. The highest BCUT2D eigenvalue weighted by molar-refractivity contribution is 5.77. The second kappa shape index (κ2) is 3.83. The minimum atomic E-state index is 0.485. The van der Waals surface area contributed by atoms with E-state index in [-0.39, 0.29) is 0 Å². The van der Waals surface area contributed by atoms with Crippen LogP contribution in [0.2, 0.25) is 0 Å². The van der Waals surface area contributed by atoms with E-state index in [1.54, 1.807) is 7.11 Å². The van der Waals surface area contributed by atoms with Gasteiger partial charge in [0, 0.05) is 25.6 Å². The van der Waals surface area contributed by atoms with Gasteiger partial charge < -0.3 is 15.0 Å². The third-order valence-electron chi connectivity index (χ3n) is 4.24. The van der Waals surface area contributed by atoms with Crippen LogP contribution in [0.25, 0.3) is 0 Å². The van der Waals surface area contributed by atoms with Gasteiger partial charge in [-0.2, -0.15) is 0 Å². The number of nitrogens with zero attached hydrogens (tertiary/aromatic N) is 1. The lowest BCUT2D eigenvalue weighted by atomic mass is 9.68. The Bertz CT molecular complexity index is 426. The van der Waals surface area contributed by atoms with Crippen molar-refractivity contribution in [3.05, 3.63) is 18.2 Å². The molecule has 1 aliphatic carbocycles. The highest BCUT2D eigenvalue weighted by atomic mass is 16.5. The number of rotatable bonds is 1. The van der Waals surface area contributed by atoms with Gasteiger partial charge >= 0.3 is 0 Å². The SMILES string of the molecule is COc1cccc2c1N(C)CC1(CCC1)CN2. The van der Waals surface area contributed by atoms with Gasteiger partial charge in [-0.1, -0.05) is 12.5 Å². The average molecular weight is 232 g/mol. The largest absolute Gasteiger partial charge is 0.495 e. The Hall–Kier alpha value is -1.38. The molecule has 0 aromatic heterocycles. The maximum absolute atomic E-state index is 5.48. The van der Waals surface area contributed by atoms with Crippen molar-refractivity contribution in [2.45, 2.75) is 19.3 Å². The standard InChI is InChI=1S/C14H20N2O/c1-16-10-14(7-4-8-14)9-15-11-5-3-6-12(17-2)13(11)16/h3,5-6,15H,4,7-10H2,1-2H3. The Morgan fingerprint density at radius 1 is 1.35 bits per heavy atom. The molecule has 1 aliphatic heterocycles. The lowest BCUT2D eigenvalue weighted by Crippen LogP contribution is -2.43. The summed E-state index contributed by atoms with van der Waals surface area (Å²) < 4.78 is 5.48. The smallest absolute Gasteiger partial charge is 0.144 e. The number of nitrogens with one attached hydrogen (secondary N) is 1. The van der Waals surface area contributed by atoms with Gasteiger partial charge in [0.05, 0.1) is 12.8 Å². The van der Waals surface area contributed by atoms with Gasteiger partial charge in [0.2, 0.25) is 0 Å². The molecule has 3 nitrogen and oxygen atoms in total. The van der Waals surface area contributed by atoms with E-state index in [0.29, 0.717) is 5.41 Å². The monoisotopic (exact) mass is 232 g/mol.